The molecule has 0 bridgehead atoms. The monoisotopic (exact) mass is 545 g/mol. The summed E-state index contributed by atoms with van der Waals surface area (Å²) in [6.45, 7) is 5.91. The molecule has 0 aliphatic carbocycles. The first-order valence-electron chi connectivity index (χ1n) is 12.2. The van der Waals surface area contributed by atoms with Crippen molar-refractivity contribution >= 4 is 40.9 Å². The number of aromatic nitrogens is 3. The molecule has 0 unspecified atom stereocenters. The van der Waals surface area contributed by atoms with E-state index in [1.54, 1.807) is 11.8 Å². The van der Waals surface area contributed by atoms with Gasteiger partial charge in [-0.05, 0) is 61.7 Å². The summed E-state index contributed by atoms with van der Waals surface area (Å²) in [5.74, 6) is 1.74. The number of ether oxygens (including phenoxy) is 1. The van der Waals surface area contributed by atoms with Crippen molar-refractivity contribution in [1.82, 2.24) is 14.8 Å². The van der Waals surface area contributed by atoms with Crippen LogP contribution in [0.15, 0.2) is 83.2 Å². The van der Waals surface area contributed by atoms with E-state index in [0.717, 1.165) is 39.4 Å². The number of fused-ring (bicyclic) bond motifs is 1. The minimum atomic E-state index is -0.481. The van der Waals surface area contributed by atoms with Gasteiger partial charge in [-0.3, -0.25) is 4.79 Å². The van der Waals surface area contributed by atoms with Crippen molar-refractivity contribution in [3.05, 3.63) is 105 Å². The number of halogens is 1. The number of nitrogens with zero attached hydrogens (tertiary/aromatic N) is 3. The molecule has 0 saturated carbocycles. The number of amides is 1. The van der Waals surface area contributed by atoms with Gasteiger partial charge in [-0.25, -0.2) is 4.68 Å². The molecular formula is C29H28ClN5O2S. The molecule has 0 spiro atoms. The number of methoxy groups -OCH3 is 1. The lowest BCUT2D eigenvalue weighted by Gasteiger charge is -2.29. The van der Waals surface area contributed by atoms with Crippen molar-refractivity contribution < 1.29 is 9.53 Å². The molecule has 0 fully saturated rings. The van der Waals surface area contributed by atoms with Gasteiger partial charge >= 0.3 is 0 Å². The Morgan fingerprint density at radius 1 is 1.11 bits per heavy atom. The van der Waals surface area contributed by atoms with Gasteiger partial charge in [-0.15, -0.1) is 5.10 Å². The van der Waals surface area contributed by atoms with Crippen molar-refractivity contribution in [3.63, 3.8) is 0 Å². The maximum Gasteiger partial charge on any atom is 0.255 e. The van der Waals surface area contributed by atoms with E-state index in [9.17, 15) is 4.79 Å². The molecule has 5 rings (SSSR count). The number of hydrogen-bond donors (Lipinski definition) is 2. The van der Waals surface area contributed by atoms with E-state index >= 15 is 0 Å². The fourth-order valence-corrected chi connectivity index (χ4v) is 5.60. The molecule has 1 atom stereocenters. The SMILES string of the molecule is COc1ccc([C@@H]2C(C(=O)Nc3ccc(C)cc3C)=C(C)Nc3nc(SCc4ccccc4Cl)nn32)cc1. The molecule has 3 aromatic carbocycles. The zero-order valence-corrected chi connectivity index (χ0v) is 23.2. The molecule has 0 saturated heterocycles. The Bertz CT molecular complexity index is 1530. The normalized spacial score (nSPS) is 14.6. The summed E-state index contributed by atoms with van der Waals surface area (Å²) >= 11 is 7.84. The van der Waals surface area contributed by atoms with E-state index in [-0.39, 0.29) is 5.91 Å². The minimum absolute atomic E-state index is 0.200. The van der Waals surface area contributed by atoms with Crippen molar-refractivity contribution in [2.24, 2.45) is 0 Å². The van der Waals surface area contributed by atoms with Crippen LogP contribution in [0.4, 0.5) is 11.6 Å². The molecule has 38 heavy (non-hydrogen) atoms. The zero-order chi connectivity index (χ0) is 26.8. The molecule has 1 aliphatic rings. The standard InChI is InChI=1S/C29H28ClN5O2S/c1-17-9-14-24(18(2)15-17)32-27(36)25-19(3)31-28-33-29(38-16-21-7-5-6-8-23(21)30)34-35(28)26(25)20-10-12-22(37-4)13-11-20/h5-15,26H,16H2,1-4H3,(H,32,36)(H,31,33,34)/t26-/m1/s1. The summed E-state index contributed by atoms with van der Waals surface area (Å²) in [5.41, 5.74) is 6.10. The Labute approximate surface area is 231 Å². The fourth-order valence-electron chi connectivity index (χ4n) is 4.48. The molecule has 4 aromatic rings. The highest BCUT2D eigenvalue weighted by atomic mass is 35.5. The Balaban J connectivity index is 1.50. The number of aryl methyl sites for hydroxylation is 2. The van der Waals surface area contributed by atoms with E-state index in [1.807, 2.05) is 81.4 Å². The Kier molecular flexibility index (Phi) is 7.44. The smallest absolute Gasteiger partial charge is 0.255 e. The molecule has 7 nitrogen and oxygen atoms in total. The van der Waals surface area contributed by atoms with Gasteiger partial charge in [0.15, 0.2) is 0 Å². The van der Waals surface area contributed by atoms with E-state index in [4.69, 9.17) is 26.4 Å². The maximum atomic E-state index is 13.8. The molecule has 194 valence electrons. The number of thioether (sulfide) groups is 1. The van der Waals surface area contributed by atoms with Gasteiger partial charge in [0.1, 0.15) is 11.8 Å². The first kappa shape index (κ1) is 25.9. The minimum Gasteiger partial charge on any atom is -0.497 e. The van der Waals surface area contributed by atoms with E-state index in [2.05, 4.69) is 16.7 Å². The summed E-state index contributed by atoms with van der Waals surface area (Å²) in [6.07, 6.45) is 0. The predicted molar refractivity (Wildman–Crippen MR) is 153 cm³/mol. The molecule has 9 heteroatoms. The largest absolute Gasteiger partial charge is 0.497 e. The van der Waals surface area contributed by atoms with Crippen LogP contribution in [0, 0.1) is 13.8 Å². The lowest BCUT2D eigenvalue weighted by Crippen LogP contribution is -2.31. The van der Waals surface area contributed by atoms with Crippen molar-refractivity contribution in [2.45, 2.75) is 37.7 Å². The molecule has 2 N–H and O–H groups in total. The Hall–Kier alpha value is -3.75. The third kappa shape index (κ3) is 5.28. The zero-order valence-electron chi connectivity index (χ0n) is 21.6. The van der Waals surface area contributed by atoms with Crippen molar-refractivity contribution in [3.8, 4) is 5.75 Å². The number of anilines is 2. The summed E-state index contributed by atoms with van der Waals surface area (Å²) < 4.78 is 7.14. The first-order valence-corrected chi connectivity index (χ1v) is 13.5. The summed E-state index contributed by atoms with van der Waals surface area (Å²) in [7, 11) is 1.63. The van der Waals surface area contributed by atoms with Crippen LogP contribution in [0.5, 0.6) is 5.75 Å². The highest BCUT2D eigenvalue weighted by Gasteiger charge is 2.34. The predicted octanol–water partition coefficient (Wildman–Crippen LogP) is 6.78. The number of rotatable bonds is 7. The van der Waals surface area contributed by atoms with Gasteiger partial charge in [0, 0.05) is 22.2 Å². The average Bonchev–Trinajstić information content (AvgIpc) is 3.31. The Morgan fingerprint density at radius 3 is 2.58 bits per heavy atom. The van der Waals surface area contributed by atoms with Crippen LogP contribution in [0.25, 0.3) is 0 Å². The summed E-state index contributed by atoms with van der Waals surface area (Å²) in [4.78, 5) is 18.5. The molecule has 1 aliphatic heterocycles. The lowest BCUT2D eigenvalue weighted by molar-refractivity contribution is -0.113. The lowest BCUT2D eigenvalue weighted by atomic mass is 9.94. The van der Waals surface area contributed by atoms with Crippen LogP contribution in [0.3, 0.4) is 0 Å². The van der Waals surface area contributed by atoms with Gasteiger partial charge in [0.05, 0.1) is 12.7 Å². The van der Waals surface area contributed by atoms with Crippen LogP contribution < -0.4 is 15.4 Å². The van der Waals surface area contributed by atoms with E-state index in [0.29, 0.717) is 27.5 Å². The molecule has 2 heterocycles. The van der Waals surface area contributed by atoms with Crippen LogP contribution >= 0.6 is 23.4 Å². The van der Waals surface area contributed by atoms with Crippen molar-refractivity contribution in [1.29, 1.82) is 0 Å². The maximum absolute atomic E-state index is 13.8. The fraction of sp³-hybridized carbons (Fsp3) is 0.207. The summed E-state index contributed by atoms with van der Waals surface area (Å²) in [5, 5.41) is 12.5. The number of carbonyl (C=O) groups excluding carboxylic acids is 1. The van der Waals surface area contributed by atoms with Crippen LogP contribution in [-0.2, 0) is 10.5 Å². The topological polar surface area (TPSA) is 81.1 Å². The molecule has 0 radical (unpaired) electrons. The number of nitrogens with one attached hydrogen (secondary N) is 2. The van der Waals surface area contributed by atoms with Gasteiger partial charge < -0.3 is 15.4 Å². The highest BCUT2D eigenvalue weighted by Crippen LogP contribution is 2.38. The number of hydrogen-bond acceptors (Lipinski definition) is 6. The van der Waals surface area contributed by atoms with E-state index < -0.39 is 6.04 Å². The third-order valence-electron chi connectivity index (χ3n) is 6.45. The van der Waals surface area contributed by atoms with Gasteiger partial charge in [-0.1, -0.05) is 71.4 Å². The molecule has 1 aromatic heterocycles. The number of carbonyl (C=O) groups is 1. The first-order chi connectivity index (χ1) is 18.3. The van der Waals surface area contributed by atoms with Gasteiger partial charge in [0.2, 0.25) is 11.1 Å². The summed E-state index contributed by atoms with van der Waals surface area (Å²) in [6, 6.07) is 20.9. The second kappa shape index (κ2) is 10.9. The average molecular weight is 546 g/mol. The number of allylic oxidation sites excluding steroid dienone is 1. The highest BCUT2D eigenvalue weighted by molar-refractivity contribution is 7.98. The van der Waals surface area contributed by atoms with Crippen LogP contribution in [0.2, 0.25) is 5.02 Å². The van der Waals surface area contributed by atoms with Crippen LogP contribution in [-0.4, -0.2) is 27.8 Å². The second-order valence-electron chi connectivity index (χ2n) is 9.15. The number of benzene rings is 3. The molecular weight excluding hydrogens is 518 g/mol. The van der Waals surface area contributed by atoms with Gasteiger partial charge in [-0.2, -0.15) is 4.98 Å². The van der Waals surface area contributed by atoms with Gasteiger partial charge in [0.25, 0.3) is 5.91 Å². The third-order valence-corrected chi connectivity index (χ3v) is 7.71. The van der Waals surface area contributed by atoms with E-state index in [1.165, 1.54) is 11.8 Å². The second-order valence-corrected chi connectivity index (χ2v) is 10.5. The molecule has 1 amide bonds. The quantitative estimate of drug-likeness (QED) is 0.249. The van der Waals surface area contributed by atoms with Crippen molar-refractivity contribution in [2.75, 3.05) is 17.7 Å². The Morgan fingerprint density at radius 2 is 1.87 bits per heavy atom. The van der Waals surface area contributed by atoms with Crippen LogP contribution in [0.1, 0.15) is 35.2 Å².